The van der Waals surface area contributed by atoms with E-state index in [2.05, 4.69) is 44.4 Å². The van der Waals surface area contributed by atoms with Gasteiger partial charge in [-0.3, -0.25) is 9.80 Å². The predicted molar refractivity (Wildman–Crippen MR) is 196 cm³/mol. The Hall–Kier alpha value is -0.200. The second-order valence-electron chi connectivity index (χ2n) is 14.3. The van der Waals surface area contributed by atoms with Gasteiger partial charge in [0.15, 0.2) is 0 Å². The van der Waals surface area contributed by atoms with Gasteiger partial charge in [-0.2, -0.15) is 0 Å². The Morgan fingerprint density at radius 2 is 0.773 bits per heavy atom. The van der Waals surface area contributed by atoms with Crippen molar-refractivity contribution in [3.8, 4) is 0 Å². The SMILES string of the molecule is CCCCCCCCCCCCC(C)N(CCCCN(CC(O)CN)C(C)CCCCCCCCCCCC)CC(O)CC. The van der Waals surface area contributed by atoms with Crippen molar-refractivity contribution < 1.29 is 10.2 Å². The first-order chi connectivity index (χ1) is 21.4. The molecule has 0 aromatic heterocycles. The van der Waals surface area contributed by atoms with E-state index in [-0.39, 0.29) is 6.10 Å². The number of rotatable bonds is 35. The van der Waals surface area contributed by atoms with Crippen molar-refractivity contribution in [2.24, 2.45) is 5.73 Å². The summed E-state index contributed by atoms with van der Waals surface area (Å²) in [5.41, 5.74) is 5.80. The highest BCUT2D eigenvalue weighted by atomic mass is 16.3. The van der Waals surface area contributed by atoms with Crippen LogP contribution in [0.3, 0.4) is 0 Å². The van der Waals surface area contributed by atoms with Gasteiger partial charge in [-0.15, -0.1) is 0 Å². The van der Waals surface area contributed by atoms with Gasteiger partial charge in [-0.1, -0.05) is 149 Å². The van der Waals surface area contributed by atoms with Crippen LogP contribution in [0.2, 0.25) is 0 Å². The Balaban J connectivity index is 4.43. The number of unbranched alkanes of at least 4 members (excludes halogenated alkanes) is 19. The lowest BCUT2D eigenvalue weighted by Crippen LogP contribution is -2.43. The molecular weight excluding hydrogens is 542 g/mol. The molecule has 0 heterocycles. The van der Waals surface area contributed by atoms with Crippen molar-refractivity contribution in [3.05, 3.63) is 0 Å². The van der Waals surface area contributed by atoms with Gasteiger partial charge in [0.2, 0.25) is 0 Å². The third kappa shape index (κ3) is 27.0. The van der Waals surface area contributed by atoms with Crippen LogP contribution in [0, 0.1) is 0 Å². The average Bonchev–Trinajstić information content (AvgIpc) is 3.02. The molecule has 0 aliphatic rings. The lowest BCUT2D eigenvalue weighted by Gasteiger charge is -2.33. The zero-order valence-corrected chi connectivity index (χ0v) is 30.9. The summed E-state index contributed by atoms with van der Waals surface area (Å²) in [4.78, 5) is 5.04. The fourth-order valence-electron chi connectivity index (χ4n) is 6.58. The van der Waals surface area contributed by atoms with Crippen LogP contribution in [-0.4, -0.2) is 77.0 Å². The first-order valence-electron chi connectivity index (χ1n) is 19.9. The van der Waals surface area contributed by atoms with Crippen molar-refractivity contribution >= 4 is 0 Å². The van der Waals surface area contributed by atoms with Gasteiger partial charge in [0.05, 0.1) is 12.2 Å². The predicted octanol–water partition coefficient (Wildman–Crippen LogP) is 9.86. The number of hydrogen-bond donors (Lipinski definition) is 3. The second-order valence-corrected chi connectivity index (χ2v) is 14.3. The lowest BCUT2D eigenvalue weighted by atomic mass is 10.0. The molecule has 0 amide bonds. The minimum atomic E-state index is -0.442. The lowest BCUT2D eigenvalue weighted by molar-refractivity contribution is 0.0773. The van der Waals surface area contributed by atoms with E-state index in [1.54, 1.807) is 0 Å². The van der Waals surface area contributed by atoms with Gasteiger partial charge in [0, 0.05) is 31.7 Å². The van der Waals surface area contributed by atoms with Crippen LogP contribution >= 0.6 is 0 Å². The van der Waals surface area contributed by atoms with E-state index in [9.17, 15) is 10.2 Å². The minimum absolute atomic E-state index is 0.234. The summed E-state index contributed by atoms with van der Waals surface area (Å²) in [6, 6.07) is 1.01. The van der Waals surface area contributed by atoms with Crippen LogP contribution < -0.4 is 5.73 Å². The summed E-state index contributed by atoms with van der Waals surface area (Å²) in [6.07, 6.45) is 32.4. The van der Waals surface area contributed by atoms with Crippen molar-refractivity contribution in [3.63, 3.8) is 0 Å². The van der Waals surface area contributed by atoms with Gasteiger partial charge in [-0.25, -0.2) is 0 Å². The number of aliphatic hydroxyl groups is 2. The number of aliphatic hydroxyl groups excluding tert-OH is 2. The summed E-state index contributed by atoms with van der Waals surface area (Å²) in [6.45, 7) is 15.3. The molecule has 0 fully saturated rings. The highest BCUT2D eigenvalue weighted by Gasteiger charge is 2.19. The Morgan fingerprint density at radius 1 is 0.455 bits per heavy atom. The third-order valence-corrected chi connectivity index (χ3v) is 9.97. The van der Waals surface area contributed by atoms with E-state index < -0.39 is 6.10 Å². The molecule has 0 rings (SSSR count). The van der Waals surface area contributed by atoms with Gasteiger partial charge < -0.3 is 15.9 Å². The standard InChI is InChI=1S/C39H83N3O2/c1-6-9-11-13-15-17-19-21-23-25-29-36(4)41(34-38(43)8-3)31-27-28-32-42(35-39(44)33-40)37(5)30-26-24-22-20-18-16-14-12-10-7-2/h36-39,43-44H,6-35,40H2,1-5H3. The molecule has 4 unspecified atom stereocenters. The molecule has 0 saturated heterocycles. The first-order valence-corrected chi connectivity index (χ1v) is 19.9. The zero-order valence-electron chi connectivity index (χ0n) is 30.9. The summed E-state index contributed by atoms with van der Waals surface area (Å²) in [5, 5.41) is 20.8. The number of nitrogens with zero attached hydrogens (tertiary/aromatic N) is 2. The Morgan fingerprint density at radius 3 is 1.09 bits per heavy atom. The molecule has 0 aliphatic heterocycles. The van der Waals surface area contributed by atoms with Crippen molar-refractivity contribution in [1.29, 1.82) is 0 Å². The van der Waals surface area contributed by atoms with Crippen LogP contribution in [0.5, 0.6) is 0 Å². The summed E-state index contributed by atoms with van der Waals surface area (Å²) >= 11 is 0. The molecule has 0 aliphatic carbocycles. The van der Waals surface area contributed by atoms with E-state index in [1.807, 2.05) is 0 Å². The zero-order chi connectivity index (χ0) is 32.7. The molecule has 0 aromatic rings. The van der Waals surface area contributed by atoms with Crippen LogP contribution in [0.1, 0.15) is 195 Å². The normalized spacial score (nSPS) is 14.9. The molecule has 0 radical (unpaired) electrons. The Kier molecular flexibility index (Phi) is 32.6. The van der Waals surface area contributed by atoms with Crippen LogP contribution in [0.4, 0.5) is 0 Å². The van der Waals surface area contributed by atoms with E-state index >= 15 is 0 Å². The molecule has 266 valence electrons. The van der Waals surface area contributed by atoms with Gasteiger partial charge in [0.1, 0.15) is 0 Å². The maximum absolute atomic E-state index is 10.5. The molecule has 4 N–H and O–H groups in total. The Bertz CT molecular complexity index is 515. The average molecular weight is 626 g/mol. The first kappa shape index (κ1) is 43.8. The van der Waals surface area contributed by atoms with Crippen molar-refractivity contribution in [2.45, 2.75) is 219 Å². The highest BCUT2D eigenvalue weighted by Crippen LogP contribution is 2.17. The van der Waals surface area contributed by atoms with E-state index in [4.69, 9.17) is 5.73 Å². The van der Waals surface area contributed by atoms with Crippen LogP contribution in [-0.2, 0) is 0 Å². The number of nitrogens with two attached hydrogens (primary N) is 1. The maximum atomic E-state index is 10.5. The second kappa shape index (κ2) is 32.7. The summed E-state index contributed by atoms with van der Waals surface area (Å²) in [7, 11) is 0. The van der Waals surface area contributed by atoms with Crippen LogP contribution in [0.25, 0.3) is 0 Å². The number of hydrogen-bond acceptors (Lipinski definition) is 5. The summed E-state index contributed by atoms with van der Waals surface area (Å²) < 4.78 is 0. The van der Waals surface area contributed by atoms with Crippen LogP contribution in [0.15, 0.2) is 0 Å². The largest absolute Gasteiger partial charge is 0.392 e. The monoisotopic (exact) mass is 626 g/mol. The topological polar surface area (TPSA) is 73.0 Å². The molecule has 0 saturated carbocycles. The molecule has 4 atom stereocenters. The third-order valence-electron chi connectivity index (χ3n) is 9.97. The molecule has 44 heavy (non-hydrogen) atoms. The van der Waals surface area contributed by atoms with Gasteiger partial charge in [-0.05, 0) is 59.0 Å². The van der Waals surface area contributed by atoms with Gasteiger partial charge >= 0.3 is 0 Å². The van der Waals surface area contributed by atoms with Gasteiger partial charge in [0.25, 0.3) is 0 Å². The maximum Gasteiger partial charge on any atom is 0.0789 e. The fraction of sp³-hybridized carbons (Fsp3) is 1.00. The smallest absolute Gasteiger partial charge is 0.0789 e. The van der Waals surface area contributed by atoms with E-state index in [0.29, 0.717) is 25.2 Å². The molecular formula is C39H83N3O2. The molecule has 0 spiro atoms. The molecule has 0 aromatic carbocycles. The molecule has 0 bridgehead atoms. The highest BCUT2D eigenvalue weighted by molar-refractivity contribution is 4.75. The fourth-order valence-corrected chi connectivity index (χ4v) is 6.58. The Labute approximate surface area is 277 Å². The van der Waals surface area contributed by atoms with E-state index in [0.717, 1.165) is 38.9 Å². The summed E-state index contributed by atoms with van der Waals surface area (Å²) in [5.74, 6) is 0. The van der Waals surface area contributed by atoms with Crippen molar-refractivity contribution in [1.82, 2.24) is 9.80 Å². The van der Waals surface area contributed by atoms with E-state index in [1.165, 1.54) is 141 Å². The molecule has 5 nitrogen and oxygen atoms in total. The quantitative estimate of drug-likeness (QED) is 0.0611. The van der Waals surface area contributed by atoms with Crippen molar-refractivity contribution in [2.75, 3.05) is 32.7 Å². The molecule has 5 heteroatoms. The minimum Gasteiger partial charge on any atom is -0.392 e.